The van der Waals surface area contributed by atoms with Crippen LogP contribution in [-0.4, -0.2) is 9.55 Å². The Morgan fingerprint density at radius 2 is 1.09 bits per heavy atom. The Hall–Kier alpha value is -1.57. The molecular formula is C33H56N2. The monoisotopic (exact) mass is 480 g/mol. The molecule has 0 amide bonds. The first-order chi connectivity index (χ1) is 17.3. The number of imidazole rings is 1. The molecule has 0 radical (unpaired) electrons. The van der Waals surface area contributed by atoms with Gasteiger partial charge in [0.15, 0.2) is 0 Å². The molecule has 1 heterocycles. The first-order valence-electron chi connectivity index (χ1n) is 15.4. The molecule has 198 valence electrons. The highest BCUT2D eigenvalue weighted by molar-refractivity contribution is 5.15. The Kier molecular flexibility index (Phi) is 17.5. The summed E-state index contributed by atoms with van der Waals surface area (Å²) in [6.45, 7) is 5.76. The van der Waals surface area contributed by atoms with Crippen LogP contribution in [0, 0.1) is 0 Å². The molecule has 0 aliphatic heterocycles. The summed E-state index contributed by atoms with van der Waals surface area (Å²) >= 11 is 0. The number of benzene rings is 1. The van der Waals surface area contributed by atoms with Gasteiger partial charge in [-0.15, -0.1) is 0 Å². The zero-order valence-electron chi connectivity index (χ0n) is 23.4. The molecule has 0 bridgehead atoms. The molecular weight excluding hydrogens is 424 g/mol. The Bertz CT molecular complexity index is 718. The van der Waals surface area contributed by atoms with Crippen LogP contribution in [-0.2, 0) is 25.8 Å². The predicted octanol–water partition coefficient (Wildman–Crippen LogP) is 10.3. The van der Waals surface area contributed by atoms with Crippen molar-refractivity contribution in [3.8, 4) is 0 Å². The van der Waals surface area contributed by atoms with E-state index in [1.165, 1.54) is 133 Å². The van der Waals surface area contributed by atoms with E-state index in [0.29, 0.717) is 0 Å². The minimum Gasteiger partial charge on any atom is -0.335 e. The molecule has 1 aromatic carbocycles. The van der Waals surface area contributed by atoms with E-state index in [-0.39, 0.29) is 0 Å². The lowest BCUT2D eigenvalue weighted by Crippen LogP contribution is -2.03. The van der Waals surface area contributed by atoms with Crippen molar-refractivity contribution in [3.05, 3.63) is 53.6 Å². The Balaban J connectivity index is 1.71. The van der Waals surface area contributed by atoms with Gasteiger partial charge in [-0.3, -0.25) is 0 Å². The number of aryl methyl sites for hydroxylation is 4. The third-order valence-corrected chi connectivity index (χ3v) is 7.41. The van der Waals surface area contributed by atoms with Crippen molar-refractivity contribution in [1.29, 1.82) is 0 Å². The Morgan fingerprint density at radius 1 is 0.543 bits per heavy atom. The van der Waals surface area contributed by atoms with Crippen molar-refractivity contribution >= 4 is 0 Å². The number of hydrogen-bond donors (Lipinski definition) is 0. The number of unbranched alkanes of at least 4 members (excludes halogenated alkanes) is 15. The summed E-state index contributed by atoms with van der Waals surface area (Å²) < 4.78 is 2.51. The van der Waals surface area contributed by atoms with Crippen LogP contribution in [0.2, 0.25) is 0 Å². The molecule has 1 aromatic heterocycles. The standard InChI is InChI=1S/C33H56N2/c1-3-5-7-9-11-12-13-15-17-22-29-35-30-32(27-23-26-31-24-19-18-20-25-31)34-33(35)28-21-16-14-10-8-6-4-2/h18-20,24-25,30H,3-17,21-23,26-29H2,1-2H3. The second kappa shape index (κ2) is 20.6. The fraction of sp³-hybridized carbons (Fsp3) is 0.727. The molecule has 2 aromatic rings. The lowest BCUT2D eigenvalue weighted by molar-refractivity contribution is 0.522. The highest BCUT2D eigenvalue weighted by atomic mass is 15.1. The summed E-state index contributed by atoms with van der Waals surface area (Å²) in [5, 5.41) is 0. The van der Waals surface area contributed by atoms with E-state index in [1.807, 2.05) is 0 Å². The minimum atomic E-state index is 1.10. The number of rotatable bonds is 23. The quantitative estimate of drug-likeness (QED) is 0.145. The van der Waals surface area contributed by atoms with E-state index in [2.05, 4.69) is 54.9 Å². The maximum absolute atomic E-state index is 5.12. The number of hydrogen-bond acceptors (Lipinski definition) is 1. The van der Waals surface area contributed by atoms with Crippen LogP contribution in [0.3, 0.4) is 0 Å². The van der Waals surface area contributed by atoms with Crippen molar-refractivity contribution in [2.75, 3.05) is 0 Å². The summed E-state index contributed by atoms with van der Waals surface area (Å²) in [5.41, 5.74) is 2.76. The van der Waals surface area contributed by atoms with Crippen LogP contribution in [0.4, 0.5) is 0 Å². The summed E-state index contributed by atoms with van der Waals surface area (Å²) in [7, 11) is 0. The maximum atomic E-state index is 5.12. The van der Waals surface area contributed by atoms with E-state index in [4.69, 9.17) is 4.98 Å². The second-order valence-corrected chi connectivity index (χ2v) is 10.7. The van der Waals surface area contributed by atoms with Gasteiger partial charge < -0.3 is 4.57 Å². The normalized spacial score (nSPS) is 11.4. The Labute approximate surface area is 218 Å². The summed E-state index contributed by atoms with van der Waals surface area (Å²) in [6.07, 6.45) is 30.6. The zero-order chi connectivity index (χ0) is 24.8. The molecule has 0 saturated carbocycles. The summed E-state index contributed by atoms with van der Waals surface area (Å²) in [4.78, 5) is 5.12. The van der Waals surface area contributed by atoms with Gasteiger partial charge in [0, 0.05) is 19.2 Å². The van der Waals surface area contributed by atoms with Gasteiger partial charge in [-0.05, 0) is 37.7 Å². The highest BCUT2D eigenvalue weighted by Crippen LogP contribution is 2.16. The van der Waals surface area contributed by atoms with Crippen LogP contribution in [0.15, 0.2) is 36.5 Å². The molecule has 0 aliphatic rings. The third kappa shape index (κ3) is 14.6. The number of aromatic nitrogens is 2. The van der Waals surface area contributed by atoms with Gasteiger partial charge in [-0.2, -0.15) is 0 Å². The van der Waals surface area contributed by atoms with E-state index < -0.39 is 0 Å². The molecule has 0 N–H and O–H groups in total. The van der Waals surface area contributed by atoms with Gasteiger partial charge in [0.05, 0.1) is 5.69 Å². The lowest BCUT2D eigenvalue weighted by atomic mass is 10.1. The predicted molar refractivity (Wildman–Crippen MR) is 154 cm³/mol. The van der Waals surface area contributed by atoms with Crippen molar-refractivity contribution < 1.29 is 0 Å². The summed E-state index contributed by atoms with van der Waals surface area (Å²) in [5.74, 6) is 1.35. The topological polar surface area (TPSA) is 17.8 Å². The largest absolute Gasteiger partial charge is 0.335 e. The average molecular weight is 481 g/mol. The molecule has 0 aliphatic carbocycles. The van der Waals surface area contributed by atoms with Crippen LogP contribution in [0.5, 0.6) is 0 Å². The van der Waals surface area contributed by atoms with Gasteiger partial charge >= 0.3 is 0 Å². The fourth-order valence-corrected chi connectivity index (χ4v) is 5.15. The van der Waals surface area contributed by atoms with Crippen molar-refractivity contribution in [2.45, 2.75) is 155 Å². The molecule has 35 heavy (non-hydrogen) atoms. The van der Waals surface area contributed by atoms with Crippen LogP contribution in [0.1, 0.15) is 147 Å². The van der Waals surface area contributed by atoms with Crippen LogP contribution in [0.25, 0.3) is 0 Å². The maximum Gasteiger partial charge on any atom is 0.108 e. The van der Waals surface area contributed by atoms with E-state index in [0.717, 1.165) is 25.8 Å². The molecule has 0 unspecified atom stereocenters. The van der Waals surface area contributed by atoms with E-state index in [1.54, 1.807) is 0 Å². The van der Waals surface area contributed by atoms with Gasteiger partial charge in [0.2, 0.25) is 0 Å². The van der Waals surface area contributed by atoms with E-state index >= 15 is 0 Å². The number of nitrogens with zero attached hydrogens (tertiary/aromatic N) is 2. The molecule has 0 saturated heterocycles. The molecule has 0 atom stereocenters. The minimum absolute atomic E-state index is 1.10. The van der Waals surface area contributed by atoms with Crippen molar-refractivity contribution in [3.63, 3.8) is 0 Å². The van der Waals surface area contributed by atoms with E-state index in [9.17, 15) is 0 Å². The second-order valence-electron chi connectivity index (χ2n) is 10.7. The van der Waals surface area contributed by atoms with Crippen molar-refractivity contribution in [2.24, 2.45) is 0 Å². The third-order valence-electron chi connectivity index (χ3n) is 7.41. The van der Waals surface area contributed by atoms with Gasteiger partial charge in [-0.1, -0.05) is 140 Å². The zero-order valence-corrected chi connectivity index (χ0v) is 23.4. The Morgan fingerprint density at radius 3 is 1.69 bits per heavy atom. The smallest absolute Gasteiger partial charge is 0.108 e. The highest BCUT2D eigenvalue weighted by Gasteiger charge is 2.08. The molecule has 0 fully saturated rings. The summed E-state index contributed by atoms with van der Waals surface area (Å²) in [6, 6.07) is 10.9. The van der Waals surface area contributed by atoms with Crippen LogP contribution < -0.4 is 0 Å². The molecule has 2 nitrogen and oxygen atoms in total. The fourth-order valence-electron chi connectivity index (χ4n) is 5.15. The van der Waals surface area contributed by atoms with Gasteiger partial charge in [0.1, 0.15) is 5.82 Å². The molecule has 2 heteroatoms. The van der Waals surface area contributed by atoms with Gasteiger partial charge in [-0.25, -0.2) is 4.98 Å². The van der Waals surface area contributed by atoms with Gasteiger partial charge in [0.25, 0.3) is 0 Å². The molecule has 0 spiro atoms. The average Bonchev–Trinajstić information content (AvgIpc) is 3.26. The van der Waals surface area contributed by atoms with Crippen LogP contribution >= 0.6 is 0 Å². The SMILES string of the molecule is CCCCCCCCCCCCn1cc(CCCc2ccccc2)nc1CCCCCCCCC. The van der Waals surface area contributed by atoms with Crippen molar-refractivity contribution in [1.82, 2.24) is 9.55 Å². The lowest BCUT2D eigenvalue weighted by Gasteiger charge is -2.08. The first kappa shape index (κ1) is 29.7. The molecule has 2 rings (SSSR count). The first-order valence-corrected chi connectivity index (χ1v) is 15.4.